The summed E-state index contributed by atoms with van der Waals surface area (Å²) in [4.78, 5) is 0.872. The van der Waals surface area contributed by atoms with Gasteiger partial charge in [-0.2, -0.15) is 9.61 Å². The van der Waals surface area contributed by atoms with E-state index in [-0.39, 0.29) is 0 Å². The van der Waals surface area contributed by atoms with Crippen LogP contribution in [0.25, 0.3) is 4.96 Å². The van der Waals surface area contributed by atoms with E-state index in [9.17, 15) is 0 Å². The highest BCUT2D eigenvalue weighted by molar-refractivity contribution is 7.16. The van der Waals surface area contributed by atoms with E-state index in [1.807, 2.05) is 4.52 Å². The van der Waals surface area contributed by atoms with Crippen molar-refractivity contribution in [2.24, 2.45) is 0 Å². The number of nitrogens with zero attached hydrogens (tertiary/aromatic N) is 4. The number of aryl methyl sites for hydroxylation is 1. The van der Waals surface area contributed by atoms with Gasteiger partial charge < -0.3 is 4.74 Å². The lowest BCUT2D eigenvalue weighted by Crippen LogP contribution is -2.05. The minimum atomic E-state index is 0.341. The van der Waals surface area contributed by atoms with Crippen LogP contribution in [-0.4, -0.2) is 38.9 Å². The Balaban J connectivity index is 1.88. The fourth-order valence-corrected chi connectivity index (χ4v) is 3.00. The Morgan fingerprint density at radius 3 is 3.18 bits per heavy atom. The average molecular weight is 273 g/mol. The maximum atomic E-state index is 5.68. The first-order valence-corrected chi connectivity index (χ1v) is 7.08. The maximum absolute atomic E-state index is 5.68. The van der Waals surface area contributed by atoms with E-state index >= 15 is 0 Å². The first kappa shape index (κ1) is 11.4. The summed E-state index contributed by atoms with van der Waals surface area (Å²) in [6.07, 6.45) is 2.88. The lowest BCUT2D eigenvalue weighted by molar-refractivity contribution is 0.193. The zero-order valence-electron chi connectivity index (χ0n) is 9.30. The number of fused-ring (bicyclic) bond motifs is 1. The van der Waals surface area contributed by atoms with Gasteiger partial charge in [0.05, 0.1) is 6.61 Å². The highest BCUT2D eigenvalue weighted by atomic mass is 35.5. The van der Waals surface area contributed by atoms with Crippen LogP contribution in [0.1, 0.15) is 29.6 Å². The van der Waals surface area contributed by atoms with Crippen LogP contribution in [0.2, 0.25) is 0 Å². The largest absolute Gasteiger partial charge is 0.381 e. The molecule has 1 atom stereocenters. The van der Waals surface area contributed by atoms with Crippen LogP contribution in [-0.2, 0) is 11.2 Å². The van der Waals surface area contributed by atoms with Crippen LogP contribution in [0.5, 0.6) is 0 Å². The van der Waals surface area contributed by atoms with E-state index in [1.54, 1.807) is 11.3 Å². The van der Waals surface area contributed by atoms with E-state index in [1.165, 1.54) is 0 Å². The molecule has 7 heteroatoms. The molecule has 0 aromatic carbocycles. The quantitative estimate of drug-likeness (QED) is 0.798. The van der Waals surface area contributed by atoms with E-state index < -0.39 is 0 Å². The Morgan fingerprint density at radius 2 is 2.41 bits per heavy atom. The summed E-state index contributed by atoms with van der Waals surface area (Å²) in [7, 11) is 0. The van der Waals surface area contributed by atoms with Gasteiger partial charge in [-0.25, -0.2) is 0 Å². The summed E-state index contributed by atoms with van der Waals surface area (Å²) in [5.74, 6) is 1.95. The highest BCUT2D eigenvalue weighted by Crippen LogP contribution is 2.25. The van der Waals surface area contributed by atoms with Crippen molar-refractivity contribution in [1.29, 1.82) is 0 Å². The van der Waals surface area contributed by atoms with Crippen molar-refractivity contribution in [1.82, 2.24) is 19.8 Å². The van der Waals surface area contributed by atoms with Gasteiger partial charge in [0, 0.05) is 24.8 Å². The SMILES string of the molecule is ClCCCc1nn2c(C3CCOC3)nnc2s1. The zero-order valence-corrected chi connectivity index (χ0v) is 10.9. The molecule has 2 aromatic rings. The molecule has 92 valence electrons. The molecule has 1 aliphatic heterocycles. The van der Waals surface area contributed by atoms with Crippen LogP contribution in [0.15, 0.2) is 0 Å². The van der Waals surface area contributed by atoms with E-state index in [0.29, 0.717) is 11.8 Å². The molecule has 0 spiro atoms. The van der Waals surface area contributed by atoms with Gasteiger partial charge in [0.1, 0.15) is 5.01 Å². The van der Waals surface area contributed by atoms with Crippen molar-refractivity contribution < 1.29 is 4.74 Å². The molecule has 0 radical (unpaired) electrons. The molecule has 1 aliphatic rings. The third kappa shape index (κ3) is 2.17. The van der Waals surface area contributed by atoms with Gasteiger partial charge in [-0.15, -0.1) is 21.8 Å². The molecule has 3 heterocycles. The van der Waals surface area contributed by atoms with Crippen LogP contribution < -0.4 is 0 Å². The second-order valence-corrected chi connectivity index (χ2v) is 5.52. The monoisotopic (exact) mass is 272 g/mol. The molecular weight excluding hydrogens is 260 g/mol. The van der Waals surface area contributed by atoms with E-state index in [2.05, 4.69) is 15.3 Å². The first-order valence-electron chi connectivity index (χ1n) is 5.73. The predicted octanol–water partition coefficient (Wildman–Crippen LogP) is 1.86. The van der Waals surface area contributed by atoms with E-state index in [4.69, 9.17) is 16.3 Å². The summed E-state index contributed by atoms with van der Waals surface area (Å²) in [6, 6.07) is 0. The van der Waals surface area contributed by atoms with Gasteiger partial charge >= 0.3 is 0 Å². The zero-order chi connectivity index (χ0) is 11.7. The Morgan fingerprint density at radius 1 is 1.47 bits per heavy atom. The lowest BCUT2D eigenvalue weighted by Gasteiger charge is -2.01. The molecule has 3 rings (SSSR count). The van der Waals surface area contributed by atoms with Gasteiger partial charge in [-0.1, -0.05) is 11.3 Å². The molecule has 0 saturated carbocycles. The molecule has 5 nitrogen and oxygen atoms in total. The van der Waals surface area contributed by atoms with Gasteiger partial charge in [0.2, 0.25) is 4.96 Å². The highest BCUT2D eigenvalue weighted by Gasteiger charge is 2.24. The Labute approximate surface area is 108 Å². The minimum absolute atomic E-state index is 0.341. The Bertz CT molecular complexity index is 505. The average Bonchev–Trinajstić information content (AvgIpc) is 3.01. The smallest absolute Gasteiger partial charge is 0.234 e. The first-order chi connectivity index (χ1) is 8.38. The third-order valence-electron chi connectivity index (χ3n) is 2.88. The Kier molecular flexibility index (Phi) is 3.26. The van der Waals surface area contributed by atoms with Gasteiger partial charge in [-0.3, -0.25) is 0 Å². The van der Waals surface area contributed by atoms with Crippen molar-refractivity contribution in [3.63, 3.8) is 0 Å². The number of halogens is 1. The molecule has 0 N–H and O–H groups in total. The molecular formula is C10H13ClN4OS. The summed E-state index contributed by atoms with van der Waals surface area (Å²) in [5.41, 5.74) is 0. The number of ether oxygens (including phenoxy) is 1. The lowest BCUT2D eigenvalue weighted by atomic mass is 10.1. The number of aromatic nitrogens is 4. The van der Waals surface area contributed by atoms with Gasteiger partial charge in [0.15, 0.2) is 5.82 Å². The van der Waals surface area contributed by atoms with Crippen molar-refractivity contribution in [3.05, 3.63) is 10.8 Å². The molecule has 1 fully saturated rings. The summed E-state index contributed by atoms with van der Waals surface area (Å²) in [5, 5.41) is 14.0. The Hall–Kier alpha value is -0.720. The second kappa shape index (κ2) is 4.88. The predicted molar refractivity (Wildman–Crippen MR) is 65.9 cm³/mol. The maximum Gasteiger partial charge on any atom is 0.234 e. The topological polar surface area (TPSA) is 52.3 Å². The van der Waals surface area contributed by atoms with Gasteiger partial charge in [0.25, 0.3) is 0 Å². The van der Waals surface area contributed by atoms with Crippen LogP contribution in [0, 0.1) is 0 Å². The number of hydrogen-bond acceptors (Lipinski definition) is 5. The molecule has 0 bridgehead atoms. The van der Waals surface area contributed by atoms with Crippen LogP contribution in [0.3, 0.4) is 0 Å². The molecule has 17 heavy (non-hydrogen) atoms. The molecule has 1 saturated heterocycles. The molecule has 1 unspecified atom stereocenters. The summed E-state index contributed by atoms with van der Waals surface area (Å²) < 4.78 is 7.25. The molecule has 0 aliphatic carbocycles. The standard InChI is InChI=1S/C10H13ClN4OS/c11-4-1-2-8-14-15-9(7-3-5-16-6-7)12-13-10(15)17-8/h7H,1-6H2. The molecule has 2 aromatic heterocycles. The number of hydrogen-bond donors (Lipinski definition) is 0. The van der Waals surface area contributed by atoms with Crippen molar-refractivity contribution >= 4 is 27.9 Å². The fourth-order valence-electron chi connectivity index (χ4n) is 1.98. The van der Waals surface area contributed by atoms with Crippen LogP contribution >= 0.6 is 22.9 Å². The molecule has 0 amide bonds. The number of alkyl halides is 1. The van der Waals surface area contributed by atoms with Crippen LogP contribution in [0.4, 0.5) is 0 Å². The summed E-state index contributed by atoms with van der Waals surface area (Å²) >= 11 is 7.28. The fraction of sp³-hybridized carbons (Fsp3) is 0.700. The third-order valence-corrected chi connectivity index (χ3v) is 4.10. The number of rotatable bonds is 4. The van der Waals surface area contributed by atoms with Crippen molar-refractivity contribution in [2.45, 2.75) is 25.2 Å². The van der Waals surface area contributed by atoms with Crippen molar-refractivity contribution in [2.75, 3.05) is 19.1 Å². The normalized spacial score (nSPS) is 20.4. The second-order valence-electron chi connectivity index (χ2n) is 4.10. The van der Waals surface area contributed by atoms with Gasteiger partial charge in [-0.05, 0) is 12.8 Å². The van der Waals surface area contributed by atoms with Crippen molar-refractivity contribution in [3.8, 4) is 0 Å². The summed E-state index contributed by atoms with van der Waals surface area (Å²) in [6.45, 7) is 1.54. The minimum Gasteiger partial charge on any atom is -0.381 e. The van der Waals surface area contributed by atoms with E-state index in [0.717, 1.165) is 48.3 Å².